The van der Waals surface area contributed by atoms with E-state index in [9.17, 15) is 19.2 Å². The van der Waals surface area contributed by atoms with E-state index in [1.54, 1.807) is 13.0 Å². The molecule has 3 N–H and O–H groups in total. The fraction of sp³-hybridized carbons (Fsp3) is 0.333. The number of carbonyl (C=O) groups excluding carboxylic acids is 4. The topological polar surface area (TPSA) is 114 Å². The van der Waals surface area contributed by atoms with Crippen molar-refractivity contribution < 1.29 is 23.9 Å². The van der Waals surface area contributed by atoms with E-state index in [1.165, 1.54) is 0 Å². The summed E-state index contributed by atoms with van der Waals surface area (Å²) < 4.78 is 4.61. The number of esters is 1. The first kappa shape index (κ1) is 20.9. The van der Waals surface area contributed by atoms with Crippen LogP contribution in [0.15, 0.2) is 30.4 Å². The average Bonchev–Trinajstić information content (AvgIpc) is 2.60. The van der Waals surface area contributed by atoms with Gasteiger partial charge in [0.2, 0.25) is 11.8 Å². The average molecular weight is 361 g/mol. The van der Waals surface area contributed by atoms with Crippen LogP contribution in [0.3, 0.4) is 0 Å². The van der Waals surface area contributed by atoms with Gasteiger partial charge in [-0.15, -0.1) is 0 Å². The third-order valence-electron chi connectivity index (χ3n) is 3.35. The molecule has 0 aliphatic rings. The van der Waals surface area contributed by atoms with Crippen molar-refractivity contribution in [2.45, 2.75) is 33.6 Å². The second-order valence-corrected chi connectivity index (χ2v) is 5.47. The van der Waals surface area contributed by atoms with Gasteiger partial charge in [0.15, 0.2) is 0 Å². The Morgan fingerprint density at radius 1 is 0.962 bits per heavy atom. The molecule has 0 aliphatic heterocycles. The molecule has 0 bridgehead atoms. The van der Waals surface area contributed by atoms with Crippen LogP contribution in [0.4, 0.5) is 5.69 Å². The molecule has 0 saturated carbocycles. The lowest BCUT2D eigenvalue weighted by Crippen LogP contribution is -2.41. The minimum absolute atomic E-state index is 0.0344. The smallest absolute Gasteiger partial charge is 0.330 e. The molecule has 0 heterocycles. The summed E-state index contributed by atoms with van der Waals surface area (Å²) in [5, 5.41) is 2.71. The molecular formula is C18H23N3O5. The van der Waals surface area contributed by atoms with Crippen LogP contribution in [0, 0.1) is 13.8 Å². The molecule has 0 aromatic heterocycles. The fourth-order valence-corrected chi connectivity index (χ4v) is 1.84. The molecule has 3 amide bonds. The molecule has 1 aromatic rings. The third kappa shape index (κ3) is 8.09. The highest BCUT2D eigenvalue weighted by atomic mass is 16.5. The molecule has 8 nitrogen and oxygen atoms in total. The highest BCUT2D eigenvalue weighted by Gasteiger charge is 2.08. The normalized spacial score (nSPS) is 10.3. The summed E-state index contributed by atoms with van der Waals surface area (Å²) in [5.41, 5.74) is 7.09. The molecule has 0 unspecified atom stereocenters. The Bertz CT molecular complexity index is 713. The van der Waals surface area contributed by atoms with E-state index < -0.39 is 17.8 Å². The summed E-state index contributed by atoms with van der Waals surface area (Å²) in [6, 6.07) is 5.54. The summed E-state index contributed by atoms with van der Waals surface area (Å²) in [7, 11) is 0. The molecule has 0 atom stereocenters. The van der Waals surface area contributed by atoms with E-state index in [2.05, 4.69) is 20.9 Å². The van der Waals surface area contributed by atoms with Gasteiger partial charge in [0.05, 0.1) is 6.61 Å². The van der Waals surface area contributed by atoms with Gasteiger partial charge in [-0.2, -0.15) is 0 Å². The first-order valence-electron chi connectivity index (χ1n) is 8.12. The standard InChI is InChI=1S/C18H23N3O5/c1-4-26-18(25)10-9-17(24)21-20-16(23)8-7-15(22)19-14-6-5-12(2)13(3)11-14/h5-6,9-11H,4,7-8H2,1-3H3,(H,19,22)(H,20,23)(H,21,24). The SMILES string of the molecule is CCOC(=O)C=CC(=O)NNC(=O)CCC(=O)Nc1ccc(C)c(C)c1. The van der Waals surface area contributed by atoms with E-state index >= 15 is 0 Å². The van der Waals surface area contributed by atoms with Crippen molar-refractivity contribution in [3.8, 4) is 0 Å². The lowest BCUT2D eigenvalue weighted by molar-refractivity contribution is -0.137. The molecule has 1 aromatic carbocycles. The summed E-state index contributed by atoms with van der Waals surface area (Å²) in [5.74, 6) is -2.18. The van der Waals surface area contributed by atoms with Crippen molar-refractivity contribution in [1.29, 1.82) is 0 Å². The molecule has 26 heavy (non-hydrogen) atoms. The molecule has 0 fully saturated rings. The summed E-state index contributed by atoms with van der Waals surface area (Å²) in [6.07, 6.45) is 1.75. The van der Waals surface area contributed by atoms with Crippen molar-refractivity contribution in [2.75, 3.05) is 11.9 Å². The largest absolute Gasteiger partial charge is 0.463 e. The van der Waals surface area contributed by atoms with Crippen LogP contribution < -0.4 is 16.2 Å². The predicted molar refractivity (Wildman–Crippen MR) is 95.8 cm³/mol. The number of carbonyl (C=O) groups is 4. The lowest BCUT2D eigenvalue weighted by Gasteiger charge is -2.08. The van der Waals surface area contributed by atoms with E-state index in [-0.39, 0.29) is 25.4 Å². The maximum atomic E-state index is 11.8. The second-order valence-electron chi connectivity index (χ2n) is 5.47. The van der Waals surface area contributed by atoms with E-state index in [0.29, 0.717) is 5.69 Å². The third-order valence-corrected chi connectivity index (χ3v) is 3.35. The molecule has 0 saturated heterocycles. The van der Waals surface area contributed by atoms with E-state index in [1.807, 2.05) is 26.0 Å². The van der Waals surface area contributed by atoms with E-state index in [0.717, 1.165) is 23.3 Å². The molecule has 8 heteroatoms. The highest BCUT2D eigenvalue weighted by molar-refractivity contribution is 5.96. The number of ether oxygens (including phenoxy) is 1. The number of aryl methyl sites for hydroxylation is 2. The minimum Gasteiger partial charge on any atom is -0.463 e. The number of anilines is 1. The number of hydrazine groups is 1. The number of rotatable bonds is 7. The van der Waals surface area contributed by atoms with Gasteiger partial charge < -0.3 is 10.1 Å². The first-order chi connectivity index (χ1) is 12.3. The van der Waals surface area contributed by atoms with Crippen LogP contribution in [-0.4, -0.2) is 30.3 Å². The first-order valence-corrected chi connectivity index (χ1v) is 8.12. The molecular weight excluding hydrogens is 338 g/mol. The number of hydrogen-bond acceptors (Lipinski definition) is 5. The second kappa shape index (κ2) is 10.7. The monoisotopic (exact) mass is 361 g/mol. The van der Waals surface area contributed by atoms with Gasteiger partial charge in [-0.05, 0) is 44.0 Å². The Kier molecular flexibility index (Phi) is 8.56. The zero-order valence-electron chi connectivity index (χ0n) is 15.0. The van der Waals surface area contributed by atoms with Crippen LogP contribution in [0.5, 0.6) is 0 Å². The molecule has 0 radical (unpaired) electrons. The maximum absolute atomic E-state index is 11.8. The zero-order chi connectivity index (χ0) is 19.5. The number of hydrogen-bond donors (Lipinski definition) is 3. The maximum Gasteiger partial charge on any atom is 0.330 e. The van der Waals surface area contributed by atoms with Crippen molar-refractivity contribution in [2.24, 2.45) is 0 Å². The van der Waals surface area contributed by atoms with Crippen LogP contribution in [0.25, 0.3) is 0 Å². The fourth-order valence-electron chi connectivity index (χ4n) is 1.84. The van der Waals surface area contributed by atoms with Crippen LogP contribution in [-0.2, 0) is 23.9 Å². The van der Waals surface area contributed by atoms with Crippen LogP contribution >= 0.6 is 0 Å². The van der Waals surface area contributed by atoms with Gasteiger partial charge in [0.25, 0.3) is 5.91 Å². The Labute approximate surface area is 152 Å². The number of benzene rings is 1. The van der Waals surface area contributed by atoms with Crippen molar-refractivity contribution in [1.82, 2.24) is 10.9 Å². The molecule has 1 rings (SSSR count). The summed E-state index contributed by atoms with van der Waals surface area (Å²) >= 11 is 0. The Morgan fingerprint density at radius 2 is 1.65 bits per heavy atom. The van der Waals surface area contributed by atoms with Crippen molar-refractivity contribution >= 4 is 29.4 Å². The molecule has 140 valence electrons. The van der Waals surface area contributed by atoms with Gasteiger partial charge in [0, 0.05) is 30.7 Å². The van der Waals surface area contributed by atoms with Crippen LogP contribution in [0.1, 0.15) is 30.9 Å². The quantitative estimate of drug-likeness (QED) is 0.385. The lowest BCUT2D eigenvalue weighted by atomic mass is 10.1. The van der Waals surface area contributed by atoms with E-state index in [4.69, 9.17) is 0 Å². The zero-order valence-corrected chi connectivity index (χ0v) is 15.0. The molecule has 0 aliphatic carbocycles. The summed E-state index contributed by atoms with van der Waals surface area (Å²) in [6.45, 7) is 5.76. The van der Waals surface area contributed by atoms with Gasteiger partial charge in [-0.1, -0.05) is 6.07 Å². The molecule has 0 spiro atoms. The Balaban J connectivity index is 2.30. The van der Waals surface area contributed by atoms with Gasteiger partial charge in [0.1, 0.15) is 0 Å². The predicted octanol–water partition coefficient (Wildman–Crippen LogP) is 1.29. The number of nitrogens with one attached hydrogen (secondary N) is 3. The summed E-state index contributed by atoms with van der Waals surface area (Å²) in [4.78, 5) is 45.9. The minimum atomic E-state index is -0.689. The Hall–Kier alpha value is -3.16. The van der Waals surface area contributed by atoms with Crippen molar-refractivity contribution in [3.05, 3.63) is 41.5 Å². The van der Waals surface area contributed by atoms with Gasteiger partial charge in [-0.3, -0.25) is 25.2 Å². The highest BCUT2D eigenvalue weighted by Crippen LogP contribution is 2.14. The number of amides is 3. The Morgan fingerprint density at radius 3 is 2.31 bits per heavy atom. The van der Waals surface area contributed by atoms with Gasteiger partial charge in [-0.25, -0.2) is 4.79 Å². The van der Waals surface area contributed by atoms with Crippen molar-refractivity contribution in [3.63, 3.8) is 0 Å². The van der Waals surface area contributed by atoms with Gasteiger partial charge >= 0.3 is 5.97 Å². The van der Waals surface area contributed by atoms with Crippen LogP contribution in [0.2, 0.25) is 0 Å².